The molecule has 0 bridgehead atoms. The summed E-state index contributed by atoms with van der Waals surface area (Å²) in [6.07, 6.45) is 7.37. The number of fused-ring (bicyclic) bond motifs is 3. The fourth-order valence-corrected chi connectivity index (χ4v) is 6.12. The van der Waals surface area contributed by atoms with Crippen molar-refractivity contribution < 1.29 is 9.59 Å². The van der Waals surface area contributed by atoms with Gasteiger partial charge in [-0.2, -0.15) is 0 Å². The molecule has 32 heavy (non-hydrogen) atoms. The van der Waals surface area contributed by atoms with Crippen LogP contribution >= 0.6 is 11.3 Å². The number of nitrogens with zero attached hydrogens (tertiary/aromatic N) is 2. The minimum absolute atomic E-state index is 0.0137. The molecule has 0 spiro atoms. The third-order valence-electron chi connectivity index (χ3n) is 7.17. The Balaban J connectivity index is 1.42. The van der Waals surface area contributed by atoms with Crippen LogP contribution in [0.25, 0.3) is 10.2 Å². The lowest BCUT2D eigenvalue weighted by Gasteiger charge is -2.45. The van der Waals surface area contributed by atoms with Crippen molar-refractivity contribution in [2.75, 3.05) is 6.54 Å². The van der Waals surface area contributed by atoms with Gasteiger partial charge in [-0.05, 0) is 55.7 Å². The number of nitrogens with one attached hydrogen (secondary N) is 1. The van der Waals surface area contributed by atoms with Gasteiger partial charge in [-0.3, -0.25) is 9.59 Å². The Morgan fingerprint density at radius 1 is 1.16 bits per heavy atom. The molecule has 168 valence electrons. The summed E-state index contributed by atoms with van der Waals surface area (Å²) in [6.45, 7) is 3.02. The van der Waals surface area contributed by atoms with Crippen LogP contribution in [0.2, 0.25) is 0 Å². The molecule has 5 nitrogen and oxygen atoms in total. The van der Waals surface area contributed by atoms with E-state index in [1.165, 1.54) is 24.8 Å². The van der Waals surface area contributed by atoms with E-state index in [2.05, 4.69) is 28.1 Å². The van der Waals surface area contributed by atoms with Crippen LogP contribution in [0.3, 0.4) is 0 Å². The van der Waals surface area contributed by atoms with Crippen molar-refractivity contribution in [2.24, 2.45) is 0 Å². The average molecular weight is 450 g/mol. The van der Waals surface area contributed by atoms with Crippen LogP contribution in [-0.4, -0.2) is 39.4 Å². The van der Waals surface area contributed by atoms with Crippen LogP contribution in [0.1, 0.15) is 61.5 Å². The summed E-state index contributed by atoms with van der Waals surface area (Å²) < 4.78 is 3.16. The van der Waals surface area contributed by atoms with Crippen molar-refractivity contribution in [3.05, 3.63) is 59.1 Å². The lowest BCUT2D eigenvalue weighted by molar-refractivity contribution is -0.133. The maximum absolute atomic E-state index is 13.7. The molecule has 2 aromatic heterocycles. The van der Waals surface area contributed by atoms with Crippen molar-refractivity contribution in [1.82, 2.24) is 14.8 Å². The predicted octanol–water partition coefficient (Wildman–Crippen LogP) is 5.00. The molecule has 1 aliphatic carbocycles. The number of aromatic nitrogens is 1. The van der Waals surface area contributed by atoms with Crippen LogP contribution in [0.5, 0.6) is 0 Å². The van der Waals surface area contributed by atoms with E-state index in [-0.39, 0.29) is 17.9 Å². The van der Waals surface area contributed by atoms with E-state index in [0.29, 0.717) is 18.8 Å². The van der Waals surface area contributed by atoms with E-state index < -0.39 is 5.54 Å². The smallest absolute Gasteiger partial charge is 0.271 e. The van der Waals surface area contributed by atoms with Gasteiger partial charge in [0.05, 0.1) is 16.8 Å². The summed E-state index contributed by atoms with van der Waals surface area (Å²) in [5, 5.41) is 5.36. The Morgan fingerprint density at radius 3 is 2.72 bits per heavy atom. The van der Waals surface area contributed by atoms with Crippen LogP contribution in [0.15, 0.2) is 47.8 Å². The van der Waals surface area contributed by atoms with E-state index in [1.54, 1.807) is 11.3 Å². The normalized spacial score (nSPS) is 21.7. The highest BCUT2D eigenvalue weighted by Gasteiger charge is 2.47. The standard InChI is InChI=1S/C26H31N3O2S/c1-26(25(31)27-20-12-6-3-7-13-20)18-28-21-14-16-32-23(21)17-22(28)24(30)29(26)15-8-11-19-9-4-2-5-10-19/h2,4-5,9-10,14,16-17,20H,3,6-8,11-13,15,18H2,1H3,(H,27,31)/t26-/m0/s1. The number of carbonyl (C=O) groups excluding carboxylic acids is 2. The van der Waals surface area contributed by atoms with Gasteiger partial charge in [-0.1, -0.05) is 49.6 Å². The second-order valence-corrected chi connectivity index (χ2v) is 10.4. The van der Waals surface area contributed by atoms with Gasteiger partial charge < -0.3 is 14.8 Å². The predicted molar refractivity (Wildman–Crippen MR) is 129 cm³/mol. The maximum Gasteiger partial charge on any atom is 0.271 e. The van der Waals surface area contributed by atoms with Crippen LogP contribution in [0.4, 0.5) is 0 Å². The third kappa shape index (κ3) is 3.85. The van der Waals surface area contributed by atoms with Crippen LogP contribution in [-0.2, 0) is 17.8 Å². The fraction of sp³-hybridized carbons (Fsp3) is 0.462. The van der Waals surface area contributed by atoms with Crippen molar-refractivity contribution in [3.8, 4) is 0 Å². The minimum Gasteiger partial charge on any atom is -0.351 e. The minimum atomic E-state index is -0.897. The molecular weight excluding hydrogens is 418 g/mol. The second kappa shape index (κ2) is 8.74. The number of hydrogen-bond acceptors (Lipinski definition) is 3. The summed E-state index contributed by atoms with van der Waals surface area (Å²) in [6, 6.07) is 14.6. The molecule has 6 heteroatoms. The Kier molecular flexibility index (Phi) is 5.80. The lowest BCUT2D eigenvalue weighted by Crippen LogP contribution is -2.65. The number of aryl methyl sites for hydroxylation is 1. The lowest BCUT2D eigenvalue weighted by atomic mass is 9.91. The highest BCUT2D eigenvalue weighted by atomic mass is 32.1. The Labute approximate surface area is 193 Å². The van der Waals surface area contributed by atoms with Gasteiger partial charge in [0, 0.05) is 12.6 Å². The molecule has 1 saturated carbocycles. The first-order valence-corrected chi connectivity index (χ1v) is 12.7. The van der Waals surface area contributed by atoms with Crippen molar-refractivity contribution in [1.29, 1.82) is 0 Å². The molecule has 1 fully saturated rings. The van der Waals surface area contributed by atoms with Gasteiger partial charge >= 0.3 is 0 Å². The monoisotopic (exact) mass is 449 g/mol. The van der Waals surface area contributed by atoms with Crippen molar-refractivity contribution >= 4 is 33.4 Å². The first kappa shape index (κ1) is 21.3. The fourth-order valence-electron chi connectivity index (χ4n) is 5.30. The molecule has 0 unspecified atom stereocenters. The third-order valence-corrected chi connectivity index (χ3v) is 8.02. The van der Waals surface area contributed by atoms with E-state index in [1.807, 2.05) is 41.5 Å². The molecule has 1 atom stereocenters. The molecule has 1 N–H and O–H groups in total. The Bertz CT molecular complexity index is 1110. The van der Waals surface area contributed by atoms with Gasteiger partial charge in [0.1, 0.15) is 11.2 Å². The zero-order valence-electron chi connectivity index (χ0n) is 18.7. The van der Waals surface area contributed by atoms with Gasteiger partial charge in [-0.25, -0.2) is 0 Å². The summed E-state index contributed by atoms with van der Waals surface area (Å²) >= 11 is 1.64. The quantitative estimate of drug-likeness (QED) is 0.576. The Hall–Kier alpha value is -2.60. The Morgan fingerprint density at radius 2 is 1.94 bits per heavy atom. The largest absolute Gasteiger partial charge is 0.351 e. The van der Waals surface area contributed by atoms with Crippen molar-refractivity contribution in [3.63, 3.8) is 0 Å². The number of hydrogen-bond donors (Lipinski definition) is 1. The highest BCUT2D eigenvalue weighted by molar-refractivity contribution is 7.17. The number of benzene rings is 1. The molecule has 0 saturated heterocycles. The van der Waals surface area contributed by atoms with E-state index >= 15 is 0 Å². The number of rotatable bonds is 6. The molecular formula is C26H31N3O2S. The SMILES string of the molecule is C[C@@]1(C(=O)NC2CCCCC2)Cn2c(cc3sccc32)C(=O)N1CCCc1ccccc1. The molecule has 0 radical (unpaired) electrons. The molecule has 3 aromatic rings. The molecule has 1 aromatic carbocycles. The first-order valence-electron chi connectivity index (χ1n) is 11.8. The zero-order valence-corrected chi connectivity index (χ0v) is 19.5. The highest BCUT2D eigenvalue weighted by Crippen LogP contribution is 2.35. The average Bonchev–Trinajstić information content (AvgIpc) is 3.40. The molecule has 5 rings (SSSR count). The number of amides is 2. The molecule has 1 aliphatic heterocycles. The molecule has 3 heterocycles. The van der Waals surface area contributed by atoms with E-state index in [0.717, 1.165) is 35.9 Å². The summed E-state index contributed by atoms with van der Waals surface area (Å²) in [5.74, 6) is -0.0470. The van der Waals surface area contributed by atoms with Gasteiger partial charge in [0.2, 0.25) is 5.91 Å². The molecule has 2 aliphatic rings. The summed E-state index contributed by atoms with van der Waals surface area (Å²) in [7, 11) is 0. The molecule has 2 amide bonds. The number of thiophene rings is 1. The van der Waals surface area contributed by atoms with E-state index in [4.69, 9.17) is 0 Å². The maximum atomic E-state index is 13.7. The van der Waals surface area contributed by atoms with Gasteiger partial charge in [0.25, 0.3) is 5.91 Å². The number of carbonyl (C=O) groups is 2. The summed E-state index contributed by atoms with van der Waals surface area (Å²) in [4.78, 5) is 29.2. The topological polar surface area (TPSA) is 54.3 Å². The van der Waals surface area contributed by atoms with E-state index in [9.17, 15) is 9.59 Å². The van der Waals surface area contributed by atoms with Gasteiger partial charge in [-0.15, -0.1) is 11.3 Å². The van der Waals surface area contributed by atoms with Crippen LogP contribution in [0, 0.1) is 0 Å². The second-order valence-electron chi connectivity index (χ2n) is 9.41. The first-order chi connectivity index (χ1) is 15.6. The van der Waals surface area contributed by atoms with Gasteiger partial charge in [0.15, 0.2) is 0 Å². The summed E-state index contributed by atoms with van der Waals surface area (Å²) in [5.41, 5.74) is 2.12. The zero-order chi connectivity index (χ0) is 22.1. The van der Waals surface area contributed by atoms with Crippen molar-refractivity contribution in [2.45, 2.75) is 70.0 Å². The van der Waals surface area contributed by atoms with Crippen LogP contribution < -0.4 is 5.32 Å².